The standard InChI is InChI=1S/C28H25N5O2/c1-17-12-23-25(33-35-26(23)13-18(17)2)16-28(34)32-22-11-7-10-21(14-22)31-27-15-24(29-19(3)30-27)20-8-5-4-6-9-20/h4-15H,16H2,1-3H3,(H,32,34)(H,29,30,31). The van der Waals surface area contributed by atoms with Gasteiger partial charge in [0, 0.05) is 28.4 Å². The van der Waals surface area contributed by atoms with E-state index in [1.54, 1.807) is 0 Å². The summed E-state index contributed by atoms with van der Waals surface area (Å²) in [6.45, 7) is 5.92. The van der Waals surface area contributed by atoms with Gasteiger partial charge in [0.25, 0.3) is 0 Å². The zero-order valence-electron chi connectivity index (χ0n) is 19.8. The number of anilines is 3. The van der Waals surface area contributed by atoms with Gasteiger partial charge in [-0.15, -0.1) is 0 Å². The number of hydrogen-bond donors (Lipinski definition) is 2. The first-order valence-corrected chi connectivity index (χ1v) is 11.4. The molecule has 0 spiro atoms. The van der Waals surface area contributed by atoms with E-state index in [4.69, 9.17) is 4.52 Å². The molecule has 1 amide bonds. The van der Waals surface area contributed by atoms with Crippen LogP contribution < -0.4 is 10.6 Å². The van der Waals surface area contributed by atoms with E-state index in [0.717, 1.165) is 33.5 Å². The van der Waals surface area contributed by atoms with Crippen molar-refractivity contribution in [3.63, 3.8) is 0 Å². The maximum atomic E-state index is 12.8. The Morgan fingerprint density at radius 1 is 0.857 bits per heavy atom. The number of carbonyl (C=O) groups excluding carboxylic acids is 1. The second kappa shape index (κ2) is 9.38. The highest BCUT2D eigenvalue weighted by atomic mass is 16.5. The minimum Gasteiger partial charge on any atom is -0.356 e. The lowest BCUT2D eigenvalue weighted by atomic mass is 10.1. The molecule has 0 atom stereocenters. The molecule has 174 valence electrons. The van der Waals surface area contributed by atoms with Crippen molar-refractivity contribution in [1.82, 2.24) is 15.1 Å². The number of aryl methyl sites for hydroxylation is 3. The van der Waals surface area contributed by atoms with Crippen LogP contribution in [0.2, 0.25) is 0 Å². The highest BCUT2D eigenvalue weighted by Crippen LogP contribution is 2.25. The summed E-state index contributed by atoms with van der Waals surface area (Å²) in [7, 11) is 0. The molecule has 0 aliphatic rings. The third-order valence-electron chi connectivity index (χ3n) is 5.82. The highest BCUT2D eigenvalue weighted by molar-refractivity contribution is 5.95. The maximum absolute atomic E-state index is 12.8. The first kappa shape index (κ1) is 22.3. The topological polar surface area (TPSA) is 92.9 Å². The smallest absolute Gasteiger partial charge is 0.230 e. The average molecular weight is 464 g/mol. The van der Waals surface area contributed by atoms with E-state index in [9.17, 15) is 4.79 Å². The lowest BCUT2D eigenvalue weighted by molar-refractivity contribution is -0.115. The number of carbonyl (C=O) groups is 1. The lowest BCUT2D eigenvalue weighted by Gasteiger charge is -2.11. The monoisotopic (exact) mass is 463 g/mol. The summed E-state index contributed by atoms with van der Waals surface area (Å²) < 4.78 is 5.42. The molecule has 3 aromatic carbocycles. The van der Waals surface area contributed by atoms with Gasteiger partial charge in [0.05, 0.1) is 12.1 Å². The molecule has 7 nitrogen and oxygen atoms in total. The van der Waals surface area contributed by atoms with Crippen molar-refractivity contribution in [3.05, 3.63) is 95.4 Å². The summed E-state index contributed by atoms with van der Waals surface area (Å²) in [5.41, 5.74) is 6.92. The van der Waals surface area contributed by atoms with Gasteiger partial charge in [-0.3, -0.25) is 4.79 Å². The van der Waals surface area contributed by atoms with Crippen molar-refractivity contribution in [3.8, 4) is 11.3 Å². The minimum absolute atomic E-state index is 0.124. The van der Waals surface area contributed by atoms with Crippen LogP contribution in [-0.4, -0.2) is 21.0 Å². The lowest BCUT2D eigenvalue weighted by Crippen LogP contribution is -2.14. The molecule has 0 fully saturated rings. The van der Waals surface area contributed by atoms with Crippen molar-refractivity contribution in [2.45, 2.75) is 27.2 Å². The molecule has 5 aromatic rings. The molecule has 2 aromatic heterocycles. The van der Waals surface area contributed by atoms with Gasteiger partial charge in [-0.05, 0) is 62.2 Å². The van der Waals surface area contributed by atoms with Gasteiger partial charge in [0.1, 0.15) is 17.3 Å². The van der Waals surface area contributed by atoms with Gasteiger partial charge in [-0.1, -0.05) is 41.6 Å². The summed E-state index contributed by atoms with van der Waals surface area (Å²) in [5, 5.41) is 11.3. The van der Waals surface area contributed by atoms with Crippen LogP contribution >= 0.6 is 0 Å². The Morgan fingerprint density at radius 2 is 1.63 bits per heavy atom. The van der Waals surface area contributed by atoms with Crippen molar-refractivity contribution < 1.29 is 9.32 Å². The van der Waals surface area contributed by atoms with Crippen LogP contribution in [0.3, 0.4) is 0 Å². The zero-order chi connectivity index (χ0) is 24.4. The number of benzene rings is 3. The third-order valence-corrected chi connectivity index (χ3v) is 5.82. The number of nitrogens with one attached hydrogen (secondary N) is 2. The van der Waals surface area contributed by atoms with Gasteiger partial charge in [0.2, 0.25) is 5.91 Å². The molecule has 0 saturated carbocycles. The molecule has 0 radical (unpaired) electrons. The third kappa shape index (κ3) is 5.04. The molecule has 0 saturated heterocycles. The molecule has 35 heavy (non-hydrogen) atoms. The van der Waals surface area contributed by atoms with Gasteiger partial charge < -0.3 is 15.2 Å². The largest absolute Gasteiger partial charge is 0.356 e. The number of amides is 1. The second-order valence-electron chi connectivity index (χ2n) is 8.54. The van der Waals surface area contributed by atoms with Crippen molar-refractivity contribution >= 4 is 34.1 Å². The molecule has 0 aliphatic heterocycles. The fraction of sp³-hybridized carbons (Fsp3) is 0.143. The molecule has 0 unspecified atom stereocenters. The Balaban J connectivity index is 1.31. The van der Waals surface area contributed by atoms with Crippen LogP contribution in [0.5, 0.6) is 0 Å². The Morgan fingerprint density at radius 3 is 2.46 bits per heavy atom. The van der Waals surface area contributed by atoms with Gasteiger partial charge in [-0.2, -0.15) is 0 Å². The Bertz CT molecular complexity index is 1530. The fourth-order valence-electron chi connectivity index (χ4n) is 3.94. The van der Waals surface area contributed by atoms with Crippen LogP contribution in [0.15, 0.2) is 77.3 Å². The summed E-state index contributed by atoms with van der Waals surface area (Å²) in [4.78, 5) is 21.8. The van der Waals surface area contributed by atoms with Crippen LogP contribution in [-0.2, 0) is 11.2 Å². The summed E-state index contributed by atoms with van der Waals surface area (Å²) >= 11 is 0. The fourth-order valence-corrected chi connectivity index (χ4v) is 3.94. The van der Waals surface area contributed by atoms with Gasteiger partial charge in [-0.25, -0.2) is 9.97 Å². The number of fused-ring (bicyclic) bond motifs is 1. The second-order valence-corrected chi connectivity index (χ2v) is 8.54. The van der Waals surface area contributed by atoms with Crippen LogP contribution in [0.4, 0.5) is 17.2 Å². The Labute approximate surface area is 203 Å². The first-order valence-electron chi connectivity index (χ1n) is 11.4. The van der Waals surface area contributed by atoms with E-state index >= 15 is 0 Å². The molecule has 2 N–H and O–H groups in total. The van der Waals surface area contributed by atoms with Crippen LogP contribution in [0.25, 0.3) is 22.2 Å². The molecule has 2 heterocycles. The first-order chi connectivity index (χ1) is 16.9. The Kier molecular flexibility index (Phi) is 5.97. The summed E-state index contributed by atoms with van der Waals surface area (Å²) in [6, 6.07) is 23.4. The van der Waals surface area contributed by atoms with E-state index in [1.165, 1.54) is 0 Å². The quantitative estimate of drug-likeness (QED) is 0.314. The van der Waals surface area contributed by atoms with E-state index in [2.05, 4.69) is 25.8 Å². The molecule has 5 rings (SSSR count). The van der Waals surface area contributed by atoms with E-state index < -0.39 is 0 Å². The SMILES string of the molecule is Cc1nc(Nc2cccc(NC(=O)Cc3noc4cc(C)c(C)cc34)c2)cc(-c2ccccc2)n1. The molecule has 7 heteroatoms. The summed E-state index contributed by atoms with van der Waals surface area (Å²) in [5.74, 6) is 1.18. The van der Waals surface area contributed by atoms with E-state index in [0.29, 0.717) is 28.6 Å². The van der Waals surface area contributed by atoms with Gasteiger partial charge >= 0.3 is 0 Å². The maximum Gasteiger partial charge on any atom is 0.230 e. The molecular formula is C28H25N5O2. The Hall–Kier alpha value is -4.52. The minimum atomic E-state index is -0.167. The molecular weight excluding hydrogens is 438 g/mol. The van der Waals surface area contributed by atoms with E-state index in [-0.39, 0.29) is 12.3 Å². The number of rotatable bonds is 6. The average Bonchev–Trinajstić information content (AvgIpc) is 3.20. The summed E-state index contributed by atoms with van der Waals surface area (Å²) in [6.07, 6.45) is 0.124. The normalized spacial score (nSPS) is 10.9. The molecule has 0 aliphatic carbocycles. The van der Waals surface area contributed by atoms with Crippen molar-refractivity contribution in [1.29, 1.82) is 0 Å². The van der Waals surface area contributed by atoms with Crippen molar-refractivity contribution in [2.75, 3.05) is 10.6 Å². The van der Waals surface area contributed by atoms with Gasteiger partial charge in [0.15, 0.2) is 5.58 Å². The predicted octanol–water partition coefficient (Wildman–Crippen LogP) is 6.13. The van der Waals surface area contributed by atoms with Crippen LogP contribution in [0.1, 0.15) is 22.6 Å². The number of nitrogens with zero attached hydrogens (tertiary/aromatic N) is 3. The van der Waals surface area contributed by atoms with Crippen LogP contribution in [0, 0.1) is 20.8 Å². The highest BCUT2D eigenvalue weighted by Gasteiger charge is 2.14. The number of aromatic nitrogens is 3. The zero-order valence-corrected chi connectivity index (χ0v) is 19.8. The number of hydrogen-bond acceptors (Lipinski definition) is 6. The van der Waals surface area contributed by atoms with E-state index in [1.807, 2.05) is 93.6 Å². The molecule has 0 bridgehead atoms. The van der Waals surface area contributed by atoms with Crippen molar-refractivity contribution in [2.24, 2.45) is 0 Å². The predicted molar refractivity (Wildman–Crippen MR) is 138 cm³/mol.